The Bertz CT molecular complexity index is 583. The van der Waals surface area contributed by atoms with Crippen LogP contribution in [-0.2, 0) is 6.42 Å². The van der Waals surface area contributed by atoms with Gasteiger partial charge >= 0.3 is 0 Å². The molecule has 0 N–H and O–H groups in total. The predicted octanol–water partition coefficient (Wildman–Crippen LogP) is 6.50. The molecule has 0 saturated carbocycles. The number of rotatable bonds is 5. The van der Waals surface area contributed by atoms with E-state index in [0.717, 1.165) is 6.42 Å². The molecular weight excluding hydrogens is 320 g/mol. The fourth-order valence-electron chi connectivity index (χ4n) is 2.60. The lowest BCUT2D eigenvalue weighted by atomic mass is 9.95. The molecule has 0 fully saturated rings. The Kier molecular flexibility index (Phi) is 5.64. The van der Waals surface area contributed by atoms with Gasteiger partial charge in [0.15, 0.2) is 0 Å². The van der Waals surface area contributed by atoms with Crippen LogP contribution in [0.2, 0.25) is 0 Å². The van der Waals surface area contributed by atoms with Crippen molar-refractivity contribution in [2.24, 2.45) is 0 Å². The maximum absolute atomic E-state index is 3.86. The summed E-state index contributed by atoms with van der Waals surface area (Å²) in [4.78, 5) is 0.379. The van der Waals surface area contributed by atoms with Gasteiger partial charge in [0.1, 0.15) is 0 Å². The molecule has 0 aliphatic carbocycles. The van der Waals surface area contributed by atoms with Gasteiger partial charge in [-0.1, -0.05) is 77.8 Å². The smallest absolute Gasteiger partial charge is 0.0435 e. The van der Waals surface area contributed by atoms with Gasteiger partial charge in [-0.05, 0) is 54.9 Å². The van der Waals surface area contributed by atoms with Gasteiger partial charge in [0, 0.05) is 4.83 Å². The number of aryl methyl sites for hydroxylation is 2. The van der Waals surface area contributed by atoms with Gasteiger partial charge in [0.2, 0.25) is 0 Å². The van der Waals surface area contributed by atoms with Crippen molar-refractivity contribution in [1.29, 1.82) is 0 Å². The van der Waals surface area contributed by atoms with Crippen molar-refractivity contribution in [3.63, 3.8) is 0 Å². The maximum atomic E-state index is 3.86. The van der Waals surface area contributed by atoms with E-state index >= 15 is 0 Å². The third-order valence-electron chi connectivity index (χ3n) is 4.38. The number of alkyl halides is 1. The lowest BCUT2D eigenvalue weighted by Crippen LogP contribution is -1.99. The van der Waals surface area contributed by atoms with Gasteiger partial charge < -0.3 is 0 Å². The first-order valence-electron chi connectivity index (χ1n) is 7.81. The van der Waals surface area contributed by atoms with E-state index in [9.17, 15) is 0 Å². The molecule has 0 aliphatic rings. The van der Waals surface area contributed by atoms with Crippen molar-refractivity contribution in [2.75, 3.05) is 0 Å². The molecule has 0 aromatic heterocycles. The third-order valence-corrected chi connectivity index (χ3v) is 5.24. The number of halogens is 1. The fraction of sp³-hybridized carbons (Fsp3) is 0.400. The largest absolute Gasteiger partial charge is 0.0835 e. The Morgan fingerprint density at radius 2 is 1.57 bits per heavy atom. The molecule has 0 spiro atoms. The van der Waals surface area contributed by atoms with E-state index in [1.54, 1.807) is 0 Å². The van der Waals surface area contributed by atoms with E-state index in [-0.39, 0.29) is 0 Å². The number of benzene rings is 2. The third kappa shape index (κ3) is 4.20. The maximum Gasteiger partial charge on any atom is 0.0435 e. The molecule has 0 radical (unpaired) electrons. The minimum Gasteiger partial charge on any atom is -0.0835 e. The monoisotopic (exact) mass is 344 g/mol. The minimum absolute atomic E-state index is 0.379. The van der Waals surface area contributed by atoms with E-state index in [2.05, 4.69) is 86.1 Å². The summed E-state index contributed by atoms with van der Waals surface area (Å²) >= 11 is 3.86. The van der Waals surface area contributed by atoms with Crippen LogP contribution in [0.5, 0.6) is 0 Å². The number of hydrogen-bond acceptors (Lipinski definition) is 0. The van der Waals surface area contributed by atoms with Crippen molar-refractivity contribution >= 4 is 15.9 Å². The van der Waals surface area contributed by atoms with Crippen LogP contribution in [0.3, 0.4) is 0 Å². The van der Waals surface area contributed by atoms with Gasteiger partial charge in [-0.3, -0.25) is 0 Å². The number of hydrogen-bond donors (Lipinski definition) is 0. The Labute approximate surface area is 137 Å². The van der Waals surface area contributed by atoms with Crippen LogP contribution in [0.1, 0.15) is 58.8 Å². The molecule has 0 saturated heterocycles. The highest BCUT2D eigenvalue weighted by molar-refractivity contribution is 9.09. The van der Waals surface area contributed by atoms with Crippen molar-refractivity contribution in [3.8, 4) is 0 Å². The summed E-state index contributed by atoms with van der Waals surface area (Å²) in [6.07, 6.45) is 2.23. The summed E-state index contributed by atoms with van der Waals surface area (Å²) in [7, 11) is 0. The highest BCUT2D eigenvalue weighted by atomic mass is 79.9. The molecule has 2 rings (SSSR count). The molecule has 1 heteroatoms. The molecule has 2 unspecified atom stereocenters. The van der Waals surface area contributed by atoms with Crippen LogP contribution < -0.4 is 0 Å². The first kappa shape index (κ1) is 16.3. The topological polar surface area (TPSA) is 0 Å². The van der Waals surface area contributed by atoms with Crippen molar-refractivity contribution in [3.05, 3.63) is 70.3 Å². The lowest BCUT2D eigenvalue weighted by Gasteiger charge is -2.15. The van der Waals surface area contributed by atoms with Crippen molar-refractivity contribution in [1.82, 2.24) is 0 Å². The zero-order valence-electron chi connectivity index (χ0n) is 13.5. The molecule has 2 atom stereocenters. The molecule has 2 aromatic rings. The Morgan fingerprint density at radius 3 is 2.19 bits per heavy atom. The van der Waals surface area contributed by atoms with Gasteiger partial charge in [-0.25, -0.2) is 0 Å². The molecule has 2 aromatic carbocycles. The van der Waals surface area contributed by atoms with Crippen LogP contribution in [0, 0.1) is 13.8 Å². The normalized spacial score (nSPS) is 14.0. The Hall–Kier alpha value is -1.08. The average Bonchev–Trinajstić information content (AvgIpc) is 2.50. The second-order valence-electron chi connectivity index (χ2n) is 6.08. The SMILES string of the molecule is CCC(C)c1ccc(C(Br)Cc2cc(C)ccc2C)cc1. The summed E-state index contributed by atoms with van der Waals surface area (Å²) in [6, 6.07) is 15.8. The zero-order chi connectivity index (χ0) is 15.4. The average molecular weight is 345 g/mol. The lowest BCUT2D eigenvalue weighted by molar-refractivity contribution is 0.733. The van der Waals surface area contributed by atoms with E-state index in [1.807, 2.05) is 0 Å². The van der Waals surface area contributed by atoms with Gasteiger partial charge in [0.25, 0.3) is 0 Å². The highest BCUT2D eigenvalue weighted by Gasteiger charge is 2.11. The highest BCUT2D eigenvalue weighted by Crippen LogP contribution is 2.30. The van der Waals surface area contributed by atoms with E-state index in [0.29, 0.717) is 10.7 Å². The summed E-state index contributed by atoms with van der Waals surface area (Å²) < 4.78 is 0. The zero-order valence-corrected chi connectivity index (χ0v) is 15.1. The molecule has 0 nitrogen and oxygen atoms in total. The molecule has 0 aliphatic heterocycles. The summed E-state index contributed by atoms with van der Waals surface area (Å²) in [6.45, 7) is 8.89. The molecule has 0 heterocycles. The molecule has 0 bridgehead atoms. The first-order chi connectivity index (χ1) is 10.0. The van der Waals surface area contributed by atoms with Crippen LogP contribution in [0.4, 0.5) is 0 Å². The Morgan fingerprint density at radius 1 is 0.952 bits per heavy atom. The Balaban J connectivity index is 2.13. The van der Waals surface area contributed by atoms with Gasteiger partial charge in [0.05, 0.1) is 0 Å². The molecule has 112 valence electrons. The molecule has 21 heavy (non-hydrogen) atoms. The van der Waals surface area contributed by atoms with Crippen molar-refractivity contribution < 1.29 is 0 Å². The predicted molar refractivity (Wildman–Crippen MR) is 96.4 cm³/mol. The van der Waals surface area contributed by atoms with E-state index in [4.69, 9.17) is 0 Å². The van der Waals surface area contributed by atoms with Gasteiger partial charge in [-0.15, -0.1) is 0 Å². The second kappa shape index (κ2) is 7.26. The fourth-order valence-corrected chi connectivity index (χ4v) is 3.25. The van der Waals surface area contributed by atoms with E-state index in [1.165, 1.54) is 34.2 Å². The van der Waals surface area contributed by atoms with Crippen LogP contribution in [0.25, 0.3) is 0 Å². The molecule has 0 amide bonds. The van der Waals surface area contributed by atoms with Crippen LogP contribution in [0.15, 0.2) is 42.5 Å². The second-order valence-corrected chi connectivity index (χ2v) is 7.18. The standard InChI is InChI=1S/C20H25Br/c1-5-15(3)17-8-10-18(11-9-17)20(21)13-19-12-14(2)6-7-16(19)4/h6-12,15,20H,5,13H2,1-4H3. The summed E-state index contributed by atoms with van der Waals surface area (Å²) in [5.41, 5.74) is 6.95. The summed E-state index contributed by atoms with van der Waals surface area (Å²) in [5.74, 6) is 0.645. The van der Waals surface area contributed by atoms with Crippen LogP contribution in [-0.4, -0.2) is 0 Å². The summed E-state index contributed by atoms with van der Waals surface area (Å²) in [5, 5.41) is 0. The van der Waals surface area contributed by atoms with Crippen LogP contribution >= 0.6 is 15.9 Å². The molecular formula is C20H25Br. The first-order valence-corrected chi connectivity index (χ1v) is 8.73. The van der Waals surface area contributed by atoms with E-state index < -0.39 is 0 Å². The quantitative estimate of drug-likeness (QED) is 0.543. The van der Waals surface area contributed by atoms with Gasteiger partial charge in [-0.2, -0.15) is 0 Å². The van der Waals surface area contributed by atoms with Crippen molar-refractivity contribution in [2.45, 2.75) is 51.3 Å². The minimum atomic E-state index is 0.379.